The van der Waals surface area contributed by atoms with Crippen LogP contribution in [-0.2, 0) is 9.53 Å². The molecule has 0 saturated carbocycles. The van der Waals surface area contributed by atoms with Crippen molar-refractivity contribution in [2.24, 2.45) is 5.10 Å². The minimum Gasteiger partial charge on any atom is -0.480 e. The Morgan fingerprint density at radius 1 is 1.25 bits per heavy atom. The van der Waals surface area contributed by atoms with Crippen molar-refractivity contribution >= 4 is 50.7 Å². The van der Waals surface area contributed by atoms with Gasteiger partial charge in [0, 0.05) is 0 Å². The second-order valence-corrected chi connectivity index (χ2v) is 6.94. The van der Waals surface area contributed by atoms with Gasteiger partial charge in [-0.1, -0.05) is 0 Å². The molecule has 5 nitrogen and oxygen atoms in total. The van der Waals surface area contributed by atoms with E-state index in [1.54, 1.807) is 29.5 Å². The molecule has 0 spiro atoms. The van der Waals surface area contributed by atoms with Crippen LogP contribution in [0.15, 0.2) is 21.7 Å². The second kappa shape index (κ2) is 9.45. The minimum atomic E-state index is -6.46. The lowest BCUT2D eigenvalue weighted by Crippen LogP contribution is -2.58. The fourth-order valence-corrected chi connectivity index (χ4v) is 3.33. The lowest BCUT2D eigenvalue weighted by molar-refractivity contribution is -0.361. The van der Waals surface area contributed by atoms with Crippen LogP contribution in [0.3, 0.4) is 0 Å². The zero-order chi connectivity index (χ0) is 21.8. The van der Waals surface area contributed by atoms with Crippen molar-refractivity contribution in [2.45, 2.75) is 25.1 Å². The van der Waals surface area contributed by atoms with Gasteiger partial charge in [-0.25, -0.2) is 10.2 Å². The summed E-state index contributed by atoms with van der Waals surface area (Å²) in [4.78, 5) is 11.3. The Kier molecular flexibility index (Phi) is 8.34. The van der Waals surface area contributed by atoms with Crippen LogP contribution >= 0.6 is 38.5 Å². The largest absolute Gasteiger partial charge is 0.480 e. The van der Waals surface area contributed by atoms with Gasteiger partial charge in [-0.2, -0.15) is 35.8 Å². The van der Waals surface area contributed by atoms with Crippen LogP contribution in [-0.4, -0.2) is 43.5 Å². The van der Waals surface area contributed by atoms with Crippen LogP contribution in [0.5, 0.6) is 5.75 Å². The molecule has 0 unspecified atom stereocenters. The third-order valence-electron chi connectivity index (χ3n) is 2.83. The van der Waals surface area contributed by atoms with Crippen LogP contribution < -0.4 is 10.2 Å². The number of ether oxygens (including phenoxy) is 2. The molecule has 0 aliphatic heterocycles. The van der Waals surface area contributed by atoms with E-state index in [1.807, 2.05) is 0 Å². The van der Waals surface area contributed by atoms with Gasteiger partial charge in [0.1, 0.15) is 5.75 Å². The smallest absolute Gasteiger partial charge is 0.462 e. The summed E-state index contributed by atoms with van der Waals surface area (Å²) in [5.41, 5.74) is 0.586. The fraction of sp³-hybridized carbons (Fsp3) is 0.429. The number of hydrogen-bond acceptors (Lipinski definition) is 5. The van der Waals surface area contributed by atoms with Gasteiger partial charge in [-0.15, -0.1) is 0 Å². The maximum absolute atomic E-state index is 13.1. The topological polar surface area (TPSA) is 59.9 Å². The zero-order valence-corrected chi connectivity index (χ0v) is 17.5. The number of halogens is 9. The van der Waals surface area contributed by atoms with Gasteiger partial charge in [0.25, 0.3) is 0 Å². The van der Waals surface area contributed by atoms with E-state index in [0.29, 0.717) is 15.2 Å². The molecule has 0 aromatic heterocycles. The molecule has 158 valence electrons. The average molecular weight is 595 g/mol. The summed E-state index contributed by atoms with van der Waals surface area (Å²) in [7, 11) is 0. The van der Waals surface area contributed by atoms with E-state index in [9.17, 15) is 35.5 Å². The standard InChI is InChI=1S/C14H11BrF7IN2O3/c1-2-27-10(26)6-28-11-8(15)3-7(4-9(11)23)5-24-25-14(21,22)12(16,17)13(18,19)20/h3-5,25H,2,6H2,1H3/b24-5+. The number of carbonyl (C=O) groups excluding carboxylic acids is 1. The third kappa shape index (κ3) is 6.09. The maximum Gasteiger partial charge on any atom is 0.462 e. The second-order valence-electron chi connectivity index (χ2n) is 4.92. The molecule has 0 atom stereocenters. The third-order valence-corrected chi connectivity index (χ3v) is 4.22. The quantitative estimate of drug-likeness (QED) is 0.118. The monoisotopic (exact) mass is 594 g/mol. The molecule has 28 heavy (non-hydrogen) atoms. The summed E-state index contributed by atoms with van der Waals surface area (Å²) in [5, 5.41) is 2.76. The van der Waals surface area contributed by atoms with Crippen molar-refractivity contribution < 1.29 is 45.0 Å². The van der Waals surface area contributed by atoms with E-state index in [4.69, 9.17) is 4.74 Å². The Bertz CT molecular complexity index is 721. The molecule has 14 heteroatoms. The first-order chi connectivity index (χ1) is 12.7. The molecule has 1 aromatic rings. The summed E-state index contributed by atoms with van der Waals surface area (Å²) in [5.74, 6) is -6.75. The van der Waals surface area contributed by atoms with Crippen LogP contribution in [0.4, 0.5) is 30.7 Å². The van der Waals surface area contributed by atoms with Crippen LogP contribution in [0.2, 0.25) is 0 Å². The van der Waals surface area contributed by atoms with Crippen LogP contribution in [0.1, 0.15) is 12.5 Å². The Balaban J connectivity index is 2.89. The average Bonchev–Trinajstić information content (AvgIpc) is 2.53. The maximum atomic E-state index is 13.1. The van der Waals surface area contributed by atoms with E-state index >= 15 is 0 Å². The molecule has 0 saturated heterocycles. The number of hydrazone groups is 1. The Morgan fingerprint density at radius 3 is 2.36 bits per heavy atom. The molecule has 0 radical (unpaired) electrons. The van der Waals surface area contributed by atoms with Crippen molar-refractivity contribution in [2.75, 3.05) is 13.2 Å². The highest BCUT2D eigenvalue weighted by Gasteiger charge is 2.73. The van der Waals surface area contributed by atoms with Crippen molar-refractivity contribution in [3.63, 3.8) is 0 Å². The normalized spacial score (nSPS) is 12.9. The number of esters is 1. The van der Waals surface area contributed by atoms with Gasteiger partial charge in [-0.3, -0.25) is 0 Å². The first kappa shape index (κ1) is 24.7. The number of nitrogens with one attached hydrogen (secondary N) is 1. The van der Waals surface area contributed by atoms with Gasteiger partial charge in [0.2, 0.25) is 0 Å². The number of nitrogens with zero attached hydrogens (tertiary/aromatic N) is 1. The molecule has 0 fully saturated rings. The SMILES string of the molecule is CCOC(=O)COc1c(Br)cc(/C=N/NC(F)(F)C(F)(F)C(F)(F)F)cc1I. The highest BCUT2D eigenvalue weighted by atomic mass is 127. The Hall–Kier alpha value is -1.32. The molecule has 1 N–H and O–H groups in total. The van der Waals surface area contributed by atoms with Crippen LogP contribution in [0.25, 0.3) is 0 Å². The Labute approximate surface area is 175 Å². The van der Waals surface area contributed by atoms with E-state index in [2.05, 4.69) is 25.8 Å². The molecule has 0 aliphatic carbocycles. The van der Waals surface area contributed by atoms with Crippen molar-refractivity contribution in [1.29, 1.82) is 0 Å². The summed E-state index contributed by atoms with van der Waals surface area (Å²) in [6, 6.07) is -3.10. The van der Waals surface area contributed by atoms with Gasteiger partial charge in [0.15, 0.2) is 6.61 Å². The Morgan fingerprint density at radius 2 is 1.86 bits per heavy atom. The minimum absolute atomic E-state index is 0.0679. The first-order valence-electron chi connectivity index (χ1n) is 7.13. The highest BCUT2D eigenvalue weighted by molar-refractivity contribution is 14.1. The number of rotatable bonds is 8. The fourth-order valence-electron chi connectivity index (χ4n) is 1.56. The predicted molar refractivity (Wildman–Crippen MR) is 95.7 cm³/mol. The summed E-state index contributed by atoms with van der Waals surface area (Å²) < 4.78 is 98.3. The number of hydrogen-bond donors (Lipinski definition) is 1. The first-order valence-corrected chi connectivity index (χ1v) is 9.00. The highest BCUT2D eigenvalue weighted by Crippen LogP contribution is 2.45. The van der Waals surface area contributed by atoms with Gasteiger partial charge < -0.3 is 9.47 Å². The lowest BCUT2D eigenvalue weighted by Gasteiger charge is -2.27. The van der Waals surface area contributed by atoms with E-state index < -0.39 is 30.7 Å². The van der Waals surface area contributed by atoms with Crippen LogP contribution in [0, 0.1) is 3.57 Å². The predicted octanol–water partition coefficient (Wildman–Crippen LogP) is 4.71. The van der Waals surface area contributed by atoms with Crippen molar-refractivity contribution in [3.05, 3.63) is 25.7 Å². The summed E-state index contributed by atoms with van der Waals surface area (Å²) in [6.07, 6.45) is -5.85. The number of carbonyl (C=O) groups is 1. The molecule has 0 bridgehead atoms. The molecule has 1 rings (SSSR count). The van der Waals surface area contributed by atoms with Gasteiger partial charge >= 0.3 is 24.1 Å². The molecule has 0 aliphatic rings. The molecule has 0 amide bonds. The molecular formula is C14H11BrF7IN2O3. The number of alkyl halides is 7. The molecule has 1 aromatic carbocycles. The van der Waals surface area contributed by atoms with E-state index in [0.717, 1.165) is 0 Å². The summed E-state index contributed by atoms with van der Waals surface area (Å²) in [6.45, 7) is 1.35. The lowest BCUT2D eigenvalue weighted by atomic mass is 10.2. The molecular weight excluding hydrogens is 584 g/mol. The number of benzene rings is 1. The van der Waals surface area contributed by atoms with E-state index in [-0.39, 0.29) is 22.4 Å². The van der Waals surface area contributed by atoms with E-state index in [1.165, 1.54) is 12.1 Å². The summed E-state index contributed by atoms with van der Waals surface area (Å²) >= 11 is 4.86. The zero-order valence-electron chi connectivity index (χ0n) is 13.7. The van der Waals surface area contributed by atoms with Crippen molar-refractivity contribution in [3.8, 4) is 5.75 Å². The molecule has 0 heterocycles. The van der Waals surface area contributed by atoms with Gasteiger partial charge in [0.05, 0.1) is 20.9 Å². The van der Waals surface area contributed by atoms with Gasteiger partial charge in [-0.05, 0) is 63.1 Å². The van der Waals surface area contributed by atoms with Crippen molar-refractivity contribution in [1.82, 2.24) is 5.43 Å².